The van der Waals surface area contributed by atoms with Gasteiger partial charge < -0.3 is 9.84 Å². The van der Waals surface area contributed by atoms with Crippen LogP contribution in [0.2, 0.25) is 0 Å². The maximum atomic E-state index is 9.42. The van der Waals surface area contributed by atoms with Crippen molar-refractivity contribution in [2.75, 3.05) is 6.61 Å². The van der Waals surface area contributed by atoms with Crippen LogP contribution in [0, 0.1) is 0 Å². The van der Waals surface area contributed by atoms with Crippen molar-refractivity contribution in [1.82, 2.24) is 0 Å². The maximum absolute atomic E-state index is 9.42. The highest BCUT2D eigenvalue weighted by Gasteiger charge is 2.17. The van der Waals surface area contributed by atoms with E-state index in [2.05, 4.69) is 0 Å². The molecule has 2 nitrogen and oxygen atoms in total. The highest BCUT2D eigenvalue weighted by atomic mass is 16.6. The first kappa shape index (κ1) is 9.92. The van der Waals surface area contributed by atoms with Crippen molar-refractivity contribution in [2.45, 2.75) is 45.8 Å². The van der Waals surface area contributed by atoms with Gasteiger partial charge in [0, 0.05) is 13.0 Å². The van der Waals surface area contributed by atoms with Gasteiger partial charge >= 0.3 is 0 Å². The Morgan fingerprint density at radius 2 is 1.90 bits per heavy atom. The van der Waals surface area contributed by atoms with Gasteiger partial charge in [-0.1, -0.05) is 20.3 Å². The molecule has 0 spiro atoms. The smallest absolute Gasteiger partial charge is 0.162 e. The van der Waals surface area contributed by atoms with Gasteiger partial charge in [-0.05, 0) is 13.3 Å². The fraction of sp³-hybridized carbons (Fsp3) is 1.00. The lowest BCUT2D eigenvalue weighted by Gasteiger charge is -2.22. The molecule has 0 amide bonds. The van der Waals surface area contributed by atoms with Gasteiger partial charge in [0.1, 0.15) is 0 Å². The summed E-state index contributed by atoms with van der Waals surface area (Å²) in [5, 5.41) is 9.42. The Kier molecular flexibility index (Phi) is 4.65. The molecule has 2 heteroatoms. The van der Waals surface area contributed by atoms with E-state index >= 15 is 0 Å². The molecule has 0 saturated carbocycles. The lowest BCUT2D eigenvalue weighted by Crippen LogP contribution is -2.28. The van der Waals surface area contributed by atoms with Crippen LogP contribution in [0.3, 0.4) is 0 Å². The summed E-state index contributed by atoms with van der Waals surface area (Å²) >= 11 is 0. The van der Waals surface area contributed by atoms with Crippen molar-refractivity contribution in [3.05, 3.63) is 0 Å². The van der Waals surface area contributed by atoms with E-state index in [-0.39, 0.29) is 0 Å². The van der Waals surface area contributed by atoms with Crippen molar-refractivity contribution >= 4 is 0 Å². The van der Waals surface area contributed by atoms with Crippen molar-refractivity contribution in [2.24, 2.45) is 0 Å². The Morgan fingerprint density at radius 3 is 2.30 bits per heavy atom. The molecule has 0 bridgehead atoms. The lowest BCUT2D eigenvalue weighted by molar-refractivity contribution is -0.193. The van der Waals surface area contributed by atoms with E-state index in [1.54, 1.807) is 6.92 Å². The summed E-state index contributed by atoms with van der Waals surface area (Å²) in [5.41, 5.74) is 0. The van der Waals surface area contributed by atoms with Gasteiger partial charge in [0.05, 0.1) is 0 Å². The molecule has 0 fully saturated rings. The minimum atomic E-state index is -0.898. The van der Waals surface area contributed by atoms with Crippen molar-refractivity contribution in [3.8, 4) is 0 Å². The first-order valence-corrected chi connectivity index (χ1v) is 3.98. The first-order valence-electron chi connectivity index (χ1n) is 3.98. The Bertz CT molecular complexity index is 79.3. The van der Waals surface area contributed by atoms with E-state index in [1.165, 1.54) is 0 Å². The molecule has 0 saturated heterocycles. The second-order valence-electron chi connectivity index (χ2n) is 2.77. The summed E-state index contributed by atoms with van der Waals surface area (Å²) in [4.78, 5) is 0. The van der Waals surface area contributed by atoms with Crippen molar-refractivity contribution in [1.29, 1.82) is 0 Å². The second kappa shape index (κ2) is 4.69. The molecule has 0 aliphatic heterocycles. The SMILES string of the molecule is CCCOC(C)(O)CCC. The van der Waals surface area contributed by atoms with Gasteiger partial charge in [-0.25, -0.2) is 0 Å². The van der Waals surface area contributed by atoms with Gasteiger partial charge in [-0.15, -0.1) is 0 Å². The first-order chi connectivity index (χ1) is 4.62. The number of hydrogen-bond acceptors (Lipinski definition) is 2. The van der Waals surface area contributed by atoms with Crippen LogP contribution in [0.25, 0.3) is 0 Å². The quantitative estimate of drug-likeness (QED) is 0.600. The molecule has 0 aromatic rings. The van der Waals surface area contributed by atoms with Crippen LogP contribution < -0.4 is 0 Å². The zero-order valence-corrected chi connectivity index (χ0v) is 7.18. The Hall–Kier alpha value is -0.0800. The molecule has 10 heavy (non-hydrogen) atoms. The average Bonchev–Trinajstić information content (AvgIpc) is 1.84. The predicted molar refractivity (Wildman–Crippen MR) is 41.8 cm³/mol. The minimum absolute atomic E-state index is 0.646. The van der Waals surface area contributed by atoms with E-state index in [0.29, 0.717) is 13.0 Å². The van der Waals surface area contributed by atoms with Crippen LogP contribution >= 0.6 is 0 Å². The Labute approximate surface area is 63.2 Å². The van der Waals surface area contributed by atoms with Crippen LogP contribution in [0.4, 0.5) is 0 Å². The second-order valence-corrected chi connectivity index (χ2v) is 2.77. The van der Waals surface area contributed by atoms with Gasteiger partial charge in [0.15, 0.2) is 5.79 Å². The molecule has 0 rings (SSSR count). The van der Waals surface area contributed by atoms with Gasteiger partial charge in [-0.3, -0.25) is 0 Å². The predicted octanol–water partition coefficient (Wildman–Crippen LogP) is 1.92. The third kappa shape index (κ3) is 4.77. The van der Waals surface area contributed by atoms with Crippen LogP contribution in [-0.2, 0) is 4.74 Å². The van der Waals surface area contributed by atoms with Crippen molar-refractivity contribution in [3.63, 3.8) is 0 Å². The molecule has 0 aromatic heterocycles. The van der Waals surface area contributed by atoms with Gasteiger partial charge in [0.25, 0.3) is 0 Å². The number of hydrogen-bond donors (Lipinski definition) is 1. The van der Waals surface area contributed by atoms with Crippen LogP contribution in [0.5, 0.6) is 0 Å². The number of ether oxygens (including phenoxy) is 1. The Morgan fingerprint density at radius 1 is 1.30 bits per heavy atom. The van der Waals surface area contributed by atoms with E-state index in [0.717, 1.165) is 12.8 Å². The normalized spacial score (nSPS) is 16.8. The van der Waals surface area contributed by atoms with Crippen LogP contribution in [0.15, 0.2) is 0 Å². The van der Waals surface area contributed by atoms with Gasteiger partial charge in [-0.2, -0.15) is 0 Å². The highest BCUT2D eigenvalue weighted by molar-refractivity contribution is 4.57. The topological polar surface area (TPSA) is 29.5 Å². The van der Waals surface area contributed by atoms with E-state index in [4.69, 9.17) is 4.74 Å². The third-order valence-electron chi connectivity index (χ3n) is 1.33. The maximum Gasteiger partial charge on any atom is 0.162 e. The summed E-state index contributed by atoms with van der Waals surface area (Å²) in [5.74, 6) is -0.898. The van der Waals surface area contributed by atoms with Crippen LogP contribution in [-0.4, -0.2) is 17.5 Å². The summed E-state index contributed by atoms with van der Waals surface area (Å²) < 4.78 is 5.17. The zero-order valence-electron chi connectivity index (χ0n) is 7.18. The third-order valence-corrected chi connectivity index (χ3v) is 1.33. The number of rotatable bonds is 5. The molecule has 1 unspecified atom stereocenters. The monoisotopic (exact) mass is 146 g/mol. The fourth-order valence-corrected chi connectivity index (χ4v) is 0.858. The largest absolute Gasteiger partial charge is 0.366 e. The average molecular weight is 146 g/mol. The molecule has 0 aromatic carbocycles. The van der Waals surface area contributed by atoms with E-state index in [9.17, 15) is 5.11 Å². The van der Waals surface area contributed by atoms with Crippen molar-refractivity contribution < 1.29 is 9.84 Å². The lowest BCUT2D eigenvalue weighted by atomic mass is 10.2. The standard InChI is InChI=1S/C8H18O2/c1-4-6-8(3,9)10-7-5-2/h9H,4-7H2,1-3H3. The molecule has 0 aliphatic carbocycles. The Balaban J connectivity index is 3.42. The molecule has 0 radical (unpaired) electrons. The summed E-state index contributed by atoms with van der Waals surface area (Å²) in [7, 11) is 0. The number of aliphatic hydroxyl groups is 1. The molecular formula is C8H18O2. The minimum Gasteiger partial charge on any atom is -0.366 e. The molecule has 1 atom stereocenters. The fourth-order valence-electron chi connectivity index (χ4n) is 0.858. The highest BCUT2D eigenvalue weighted by Crippen LogP contribution is 2.13. The molecule has 0 heterocycles. The van der Waals surface area contributed by atoms with E-state index < -0.39 is 5.79 Å². The van der Waals surface area contributed by atoms with Crippen LogP contribution in [0.1, 0.15) is 40.0 Å². The van der Waals surface area contributed by atoms with E-state index in [1.807, 2.05) is 13.8 Å². The summed E-state index contributed by atoms with van der Waals surface area (Å²) in [6.07, 6.45) is 2.63. The molecule has 1 N–H and O–H groups in total. The molecule has 62 valence electrons. The molecular weight excluding hydrogens is 128 g/mol. The summed E-state index contributed by atoms with van der Waals surface area (Å²) in [6.45, 7) is 6.42. The van der Waals surface area contributed by atoms with Gasteiger partial charge in [0.2, 0.25) is 0 Å². The zero-order chi connectivity index (χ0) is 8.04. The molecule has 0 aliphatic rings. The summed E-state index contributed by atoms with van der Waals surface area (Å²) in [6, 6.07) is 0.